The second-order valence-electron chi connectivity index (χ2n) is 4.41. The molecule has 1 aromatic heterocycles. The number of aromatic nitrogens is 2. The largest absolute Gasteiger partial charge is 0.241 e. The molecular weight excluding hydrogens is 325 g/mol. The molecule has 21 heavy (non-hydrogen) atoms. The van der Waals surface area contributed by atoms with Gasteiger partial charge in [-0.15, -0.1) is 0 Å². The molecule has 0 saturated carbocycles. The highest BCUT2D eigenvalue weighted by Gasteiger charge is 2.05. The van der Waals surface area contributed by atoms with Crippen LogP contribution < -0.4 is 4.80 Å². The van der Waals surface area contributed by atoms with Crippen molar-refractivity contribution in [1.82, 2.24) is 9.78 Å². The maximum atomic E-state index is 5.98. The molecule has 0 spiro atoms. The SMILES string of the molecule is Cn1nc(-c2ccc(Cl)cc2)sc1=Nc1cccc(Cl)c1. The van der Waals surface area contributed by atoms with Gasteiger partial charge >= 0.3 is 0 Å². The molecule has 0 saturated heterocycles. The highest BCUT2D eigenvalue weighted by molar-refractivity contribution is 7.12. The first-order valence-electron chi connectivity index (χ1n) is 6.22. The number of hydrogen-bond donors (Lipinski definition) is 0. The van der Waals surface area contributed by atoms with Crippen LogP contribution in [0.4, 0.5) is 5.69 Å². The van der Waals surface area contributed by atoms with Crippen LogP contribution in [-0.2, 0) is 7.05 Å². The molecular formula is C15H11Cl2N3S. The van der Waals surface area contributed by atoms with Gasteiger partial charge in [-0.05, 0) is 30.3 Å². The second-order valence-corrected chi connectivity index (χ2v) is 6.24. The number of benzene rings is 2. The molecule has 0 atom stereocenters. The first-order chi connectivity index (χ1) is 10.1. The van der Waals surface area contributed by atoms with E-state index >= 15 is 0 Å². The molecule has 3 nitrogen and oxygen atoms in total. The first-order valence-corrected chi connectivity index (χ1v) is 7.79. The van der Waals surface area contributed by atoms with Gasteiger partial charge in [-0.25, -0.2) is 9.67 Å². The van der Waals surface area contributed by atoms with Crippen molar-refractivity contribution in [3.05, 3.63) is 63.4 Å². The van der Waals surface area contributed by atoms with E-state index in [1.165, 1.54) is 11.3 Å². The molecule has 0 bridgehead atoms. The summed E-state index contributed by atoms with van der Waals surface area (Å²) in [4.78, 5) is 5.38. The van der Waals surface area contributed by atoms with Crippen molar-refractivity contribution in [3.63, 3.8) is 0 Å². The van der Waals surface area contributed by atoms with Crippen molar-refractivity contribution in [1.29, 1.82) is 0 Å². The van der Waals surface area contributed by atoms with Gasteiger partial charge in [0.1, 0.15) is 5.01 Å². The summed E-state index contributed by atoms with van der Waals surface area (Å²) in [6, 6.07) is 15.0. The summed E-state index contributed by atoms with van der Waals surface area (Å²) in [5.74, 6) is 0. The molecule has 3 rings (SSSR count). The lowest BCUT2D eigenvalue weighted by molar-refractivity contribution is 0.732. The smallest absolute Gasteiger partial charge is 0.208 e. The molecule has 6 heteroatoms. The van der Waals surface area contributed by atoms with Crippen LogP contribution in [0.1, 0.15) is 0 Å². The summed E-state index contributed by atoms with van der Waals surface area (Å²) >= 11 is 13.4. The van der Waals surface area contributed by atoms with E-state index < -0.39 is 0 Å². The van der Waals surface area contributed by atoms with Gasteiger partial charge in [-0.3, -0.25) is 0 Å². The van der Waals surface area contributed by atoms with Crippen LogP contribution in [0.15, 0.2) is 53.5 Å². The van der Waals surface area contributed by atoms with Crippen molar-refractivity contribution < 1.29 is 0 Å². The lowest BCUT2D eigenvalue weighted by Gasteiger charge is -1.94. The number of rotatable bonds is 2. The molecule has 2 aromatic carbocycles. The van der Waals surface area contributed by atoms with E-state index in [0.29, 0.717) is 10.0 Å². The minimum absolute atomic E-state index is 0.668. The Morgan fingerprint density at radius 1 is 1.05 bits per heavy atom. The van der Waals surface area contributed by atoms with E-state index in [1.54, 1.807) is 4.68 Å². The molecule has 0 N–H and O–H groups in total. The van der Waals surface area contributed by atoms with Gasteiger partial charge in [0.15, 0.2) is 0 Å². The average molecular weight is 336 g/mol. The van der Waals surface area contributed by atoms with E-state index in [9.17, 15) is 0 Å². The quantitative estimate of drug-likeness (QED) is 0.668. The maximum Gasteiger partial charge on any atom is 0.208 e. The van der Waals surface area contributed by atoms with Crippen molar-refractivity contribution in [2.75, 3.05) is 0 Å². The Morgan fingerprint density at radius 2 is 1.81 bits per heavy atom. The summed E-state index contributed by atoms with van der Waals surface area (Å²) in [6.45, 7) is 0. The Hall–Kier alpha value is -1.62. The third-order valence-electron chi connectivity index (χ3n) is 2.83. The Balaban J connectivity index is 2.03. The van der Waals surface area contributed by atoms with Crippen LogP contribution in [0.25, 0.3) is 10.6 Å². The molecule has 0 amide bonds. The van der Waals surface area contributed by atoms with Crippen molar-refractivity contribution in [2.24, 2.45) is 12.0 Å². The maximum absolute atomic E-state index is 5.98. The van der Waals surface area contributed by atoms with Crippen LogP contribution in [-0.4, -0.2) is 9.78 Å². The van der Waals surface area contributed by atoms with E-state index in [2.05, 4.69) is 10.1 Å². The van der Waals surface area contributed by atoms with Crippen molar-refractivity contribution in [2.45, 2.75) is 0 Å². The molecule has 0 aliphatic rings. The summed E-state index contributed by atoms with van der Waals surface area (Å²) in [6.07, 6.45) is 0. The van der Waals surface area contributed by atoms with Crippen LogP contribution >= 0.6 is 34.5 Å². The van der Waals surface area contributed by atoms with Gasteiger partial charge in [0.2, 0.25) is 4.80 Å². The zero-order valence-corrected chi connectivity index (χ0v) is 13.5. The zero-order valence-electron chi connectivity index (χ0n) is 11.1. The van der Waals surface area contributed by atoms with Crippen molar-refractivity contribution >= 4 is 40.2 Å². The van der Waals surface area contributed by atoms with Gasteiger partial charge in [0.05, 0.1) is 5.69 Å². The summed E-state index contributed by atoms with van der Waals surface area (Å²) in [5.41, 5.74) is 1.83. The molecule has 0 aliphatic carbocycles. The van der Waals surface area contributed by atoms with Crippen LogP contribution in [0.5, 0.6) is 0 Å². The van der Waals surface area contributed by atoms with Gasteiger partial charge in [-0.2, -0.15) is 5.10 Å². The van der Waals surface area contributed by atoms with E-state index in [1.807, 2.05) is 55.6 Å². The molecule has 1 heterocycles. The van der Waals surface area contributed by atoms with E-state index in [4.69, 9.17) is 23.2 Å². The van der Waals surface area contributed by atoms with Gasteiger partial charge in [0, 0.05) is 22.7 Å². The third-order valence-corrected chi connectivity index (χ3v) is 4.37. The number of hydrogen-bond acceptors (Lipinski definition) is 3. The topological polar surface area (TPSA) is 30.2 Å². The molecule has 0 unspecified atom stereocenters. The fraction of sp³-hybridized carbons (Fsp3) is 0.0667. The zero-order chi connectivity index (χ0) is 14.8. The number of nitrogens with zero attached hydrogens (tertiary/aromatic N) is 3. The first kappa shape index (κ1) is 14.3. The summed E-state index contributed by atoms with van der Waals surface area (Å²) in [7, 11) is 1.87. The fourth-order valence-electron chi connectivity index (χ4n) is 1.81. The van der Waals surface area contributed by atoms with Crippen molar-refractivity contribution in [3.8, 4) is 10.6 Å². The lowest BCUT2D eigenvalue weighted by Crippen LogP contribution is -2.10. The Labute approximate surface area is 136 Å². The lowest BCUT2D eigenvalue weighted by atomic mass is 10.2. The highest BCUT2D eigenvalue weighted by atomic mass is 35.5. The summed E-state index contributed by atoms with van der Waals surface area (Å²) < 4.78 is 1.76. The van der Waals surface area contributed by atoms with Gasteiger partial charge in [-0.1, -0.05) is 52.7 Å². The molecule has 106 valence electrons. The molecule has 0 radical (unpaired) electrons. The number of halogens is 2. The fourth-order valence-corrected chi connectivity index (χ4v) is 3.04. The predicted molar refractivity (Wildman–Crippen MR) is 88.2 cm³/mol. The highest BCUT2D eigenvalue weighted by Crippen LogP contribution is 2.22. The molecule has 0 aliphatic heterocycles. The summed E-state index contributed by atoms with van der Waals surface area (Å²) in [5, 5.41) is 6.77. The Kier molecular flexibility index (Phi) is 4.10. The van der Waals surface area contributed by atoms with Gasteiger partial charge < -0.3 is 0 Å². The van der Waals surface area contributed by atoms with Crippen LogP contribution in [0.2, 0.25) is 10.0 Å². The molecule has 0 fully saturated rings. The van der Waals surface area contributed by atoms with Gasteiger partial charge in [0.25, 0.3) is 0 Å². The van der Waals surface area contributed by atoms with E-state index in [0.717, 1.165) is 21.1 Å². The van der Waals surface area contributed by atoms with Crippen LogP contribution in [0.3, 0.4) is 0 Å². The third kappa shape index (κ3) is 3.35. The number of aryl methyl sites for hydroxylation is 1. The second kappa shape index (κ2) is 6.02. The minimum Gasteiger partial charge on any atom is -0.241 e. The van der Waals surface area contributed by atoms with E-state index in [-0.39, 0.29) is 0 Å². The monoisotopic (exact) mass is 335 g/mol. The standard InChI is InChI=1S/C15H11Cl2N3S/c1-20-15(18-13-4-2-3-12(17)9-13)21-14(19-20)10-5-7-11(16)8-6-10/h2-9H,1H3. The normalized spacial score (nSPS) is 11.9. The predicted octanol–water partition coefficient (Wildman–Crippen LogP) is 4.69. The Bertz CT molecular complexity index is 835. The average Bonchev–Trinajstić information content (AvgIpc) is 2.81. The Morgan fingerprint density at radius 3 is 2.52 bits per heavy atom. The molecule has 3 aromatic rings. The minimum atomic E-state index is 0.668. The van der Waals surface area contributed by atoms with Crippen LogP contribution in [0, 0.1) is 0 Å².